The van der Waals surface area contributed by atoms with Crippen molar-refractivity contribution in [2.24, 2.45) is 0 Å². The number of rotatable bonds is 22. The molecule has 0 bridgehead atoms. The van der Waals surface area contributed by atoms with Gasteiger partial charge in [0.05, 0.1) is 82.5 Å². The van der Waals surface area contributed by atoms with Crippen molar-refractivity contribution in [1.82, 2.24) is 9.80 Å². The zero-order valence-electron chi connectivity index (χ0n) is 32.9. The number of nitrogens with zero attached hydrogens (tertiary/aromatic N) is 2. The second-order valence-electron chi connectivity index (χ2n) is 13.6. The van der Waals surface area contributed by atoms with Gasteiger partial charge < -0.3 is 44.3 Å². The second kappa shape index (κ2) is 23.7. The summed E-state index contributed by atoms with van der Waals surface area (Å²) in [7, 11) is -14.0. The minimum absolute atomic E-state index is 0. The summed E-state index contributed by atoms with van der Waals surface area (Å²) in [4.78, 5) is 17.5. The molecule has 3 aromatic rings. The van der Waals surface area contributed by atoms with E-state index in [2.05, 4.69) is 0 Å². The predicted octanol–water partition coefficient (Wildman–Crippen LogP) is -7.10. The SMILES string of the molecule is Cc1c(CN(CCS(=O)(=O)[O-])C(CO)(CO)CO)c(C)c(C(=O)P(=O)(c2ccccc2)c2ccccc2)c(C)c1CN(CCS(=O)(=O)[O-])C(CO)(CO)CO.[K+].[K+]. The fraction of sp³-hybridized carbons (Fsp3) is 0.472. The first-order valence-corrected chi connectivity index (χ1v) is 22.0. The number of hydrogen-bond donors (Lipinski definition) is 6. The molecule has 3 rings (SSSR count). The van der Waals surface area contributed by atoms with Crippen molar-refractivity contribution in [3.63, 3.8) is 0 Å². The molecule has 0 unspecified atom stereocenters. The zero-order valence-corrected chi connectivity index (χ0v) is 41.6. The van der Waals surface area contributed by atoms with Gasteiger partial charge in [-0.2, -0.15) is 0 Å². The zero-order chi connectivity index (χ0) is 41.4. The summed E-state index contributed by atoms with van der Waals surface area (Å²) < 4.78 is 86.2. The predicted molar refractivity (Wildman–Crippen MR) is 203 cm³/mol. The molecule has 0 saturated heterocycles. The van der Waals surface area contributed by atoms with Crippen LogP contribution < -0.4 is 113 Å². The van der Waals surface area contributed by atoms with Crippen molar-refractivity contribution in [1.29, 1.82) is 0 Å². The van der Waals surface area contributed by atoms with E-state index < -0.39 is 121 Å². The number of benzene rings is 3. The van der Waals surface area contributed by atoms with Crippen LogP contribution in [0.1, 0.15) is 38.2 Å². The van der Waals surface area contributed by atoms with Gasteiger partial charge in [0.15, 0.2) is 0 Å². The topological polar surface area (TPSA) is 276 Å². The summed E-state index contributed by atoms with van der Waals surface area (Å²) in [5.41, 5.74) is -3.44. The molecule has 16 nitrogen and oxygen atoms in total. The van der Waals surface area contributed by atoms with Crippen LogP contribution in [-0.4, -0.2) is 147 Å². The van der Waals surface area contributed by atoms with Crippen molar-refractivity contribution in [3.8, 4) is 0 Å². The van der Waals surface area contributed by atoms with Crippen LogP contribution in [0.15, 0.2) is 60.7 Å². The standard InChI is InChI=1S/C36H51N2O14PS2.2K/c1-26-31(18-37(14-16-54(47,48)49)35(20-39,21-40)22-41)27(2)33(34(45)53(46,29-10-6-4-7-11-29)30-12-8-5-9-13-30)28(3)32(26)19-38(15-17-55(50,51)52)36(23-42,24-43)25-44;;/h4-13,39-44H,14-25H2,1-3H3,(H,47,48,49)(H,50,51,52);;/q;2*+1/p-2. The number of carbonyl (C=O) groups excluding carboxylic acids is 1. The Morgan fingerprint density at radius 1 is 0.596 bits per heavy atom. The van der Waals surface area contributed by atoms with E-state index in [-0.39, 0.29) is 141 Å². The second-order valence-corrected chi connectivity index (χ2v) is 19.3. The monoisotopic (exact) mass is 906 g/mol. The Labute approximate surface area is 419 Å². The minimum Gasteiger partial charge on any atom is -0.748 e. The van der Waals surface area contributed by atoms with E-state index in [0.717, 1.165) is 0 Å². The van der Waals surface area contributed by atoms with E-state index in [0.29, 0.717) is 5.56 Å². The molecule has 0 aromatic heterocycles. The molecule has 21 heteroatoms. The molecule has 0 aliphatic rings. The van der Waals surface area contributed by atoms with Crippen LogP contribution in [0.3, 0.4) is 0 Å². The molecule has 0 spiro atoms. The van der Waals surface area contributed by atoms with E-state index in [1.165, 1.54) is 23.6 Å². The number of hydrogen-bond acceptors (Lipinski definition) is 16. The number of aliphatic hydroxyl groups excluding tert-OH is 6. The first kappa shape index (κ1) is 55.4. The van der Waals surface area contributed by atoms with Crippen molar-refractivity contribution in [2.75, 3.05) is 64.2 Å². The Bertz CT molecular complexity index is 1900. The molecule has 0 aliphatic heterocycles. The Balaban J connectivity index is 0.00000812. The van der Waals surface area contributed by atoms with Crippen LogP contribution in [0.25, 0.3) is 0 Å². The Morgan fingerprint density at radius 2 is 0.895 bits per heavy atom. The van der Waals surface area contributed by atoms with Gasteiger partial charge in [0.2, 0.25) is 12.7 Å². The van der Waals surface area contributed by atoms with E-state index in [1.54, 1.807) is 67.6 Å². The van der Waals surface area contributed by atoms with Crippen molar-refractivity contribution < 1.29 is 169 Å². The van der Waals surface area contributed by atoms with E-state index in [9.17, 15) is 56.6 Å². The molecular weight excluding hydrogens is 858 g/mol. The summed E-state index contributed by atoms with van der Waals surface area (Å²) in [6.45, 7) is -2.77. The van der Waals surface area contributed by atoms with Gasteiger partial charge in [0.25, 0.3) is 0 Å². The summed E-state index contributed by atoms with van der Waals surface area (Å²) in [6.07, 6.45) is 0. The molecule has 0 fully saturated rings. The van der Waals surface area contributed by atoms with Gasteiger partial charge in [-0.15, -0.1) is 0 Å². The van der Waals surface area contributed by atoms with Gasteiger partial charge in [-0.05, 0) is 48.6 Å². The Hall–Kier alpha value is 0.333. The summed E-state index contributed by atoms with van der Waals surface area (Å²) >= 11 is 0. The van der Waals surface area contributed by atoms with Crippen molar-refractivity contribution >= 4 is 43.5 Å². The van der Waals surface area contributed by atoms with E-state index in [1.807, 2.05) is 0 Å². The molecule has 0 atom stereocenters. The van der Waals surface area contributed by atoms with Crippen molar-refractivity contribution in [3.05, 3.63) is 94.0 Å². The number of carbonyl (C=O) groups is 1. The first-order valence-electron chi connectivity index (χ1n) is 17.1. The van der Waals surface area contributed by atoms with Crippen LogP contribution in [0, 0.1) is 20.8 Å². The molecule has 57 heavy (non-hydrogen) atoms. The van der Waals surface area contributed by atoms with Gasteiger partial charge in [0, 0.05) is 42.4 Å². The van der Waals surface area contributed by atoms with Crippen LogP contribution in [0.2, 0.25) is 0 Å². The third-order valence-corrected chi connectivity index (χ3v) is 14.5. The minimum atomic E-state index is -4.87. The molecule has 0 radical (unpaired) electrons. The van der Waals surface area contributed by atoms with Crippen LogP contribution in [0.4, 0.5) is 0 Å². The van der Waals surface area contributed by atoms with Gasteiger partial charge >= 0.3 is 103 Å². The molecule has 0 amide bonds. The molecule has 0 saturated carbocycles. The van der Waals surface area contributed by atoms with Gasteiger partial charge in [-0.25, -0.2) is 16.8 Å². The van der Waals surface area contributed by atoms with Crippen molar-refractivity contribution in [2.45, 2.75) is 44.9 Å². The molecular formula is C36H49K2N2O14PS2. The average molecular weight is 907 g/mol. The summed E-state index contributed by atoms with van der Waals surface area (Å²) in [6, 6.07) is 16.0. The quantitative estimate of drug-likeness (QED) is 0.0311. The fourth-order valence-corrected chi connectivity index (χ4v) is 10.1. The smallest absolute Gasteiger partial charge is 0.748 e. The molecule has 0 aliphatic carbocycles. The molecule has 6 N–H and O–H groups in total. The Morgan fingerprint density at radius 3 is 1.16 bits per heavy atom. The third kappa shape index (κ3) is 13.2. The largest absolute Gasteiger partial charge is 1.00 e. The normalized spacial score (nSPS) is 12.7. The average Bonchev–Trinajstić information content (AvgIpc) is 3.16. The Kier molecular flexibility index (Phi) is 23.0. The maximum absolute atomic E-state index is 15.4. The summed E-state index contributed by atoms with van der Waals surface area (Å²) in [5.74, 6) is -2.00. The van der Waals surface area contributed by atoms with Crippen LogP contribution in [0.5, 0.6) is 0 Å². The summed E-state index contributed by atoms with van der Waals surface area (Å²) in [5, 5.41) is 62.6. The fourth-order valence-electron chi connectivity index (χ4n) is 6.63. The molecule has 3 aromatic carbocycles. The van der Waals surface area contributed by atoms with Gasteiger partial charge in [0.1, 0.15) is 0 Å². The first-order chi connectivity index (χ1) is 25.7. The van der Waals surface area contributed by atoms with Gasteiger partial charge in [-0.3, -0.25) is 14.6 Å². The maximum Gasteiger partial charge on any atom is 1.00 e. The van der Waals surface area contributed by atoms with Crippen LogP contribution in [-0.2, 0) is 37.9 Å². The van der Waals surface area contributed by atoms with E-state index >= 15 is 9.36 Å². The molecule has 0 heterocycles. The maximum atomic E-state index is 15.4. The molecule has 306 valence electrons. The van der Waals surface area contributed by atoms with Crippen LogP contribution >= 0.6 is 7.14 Å². The number of aliphatic hydroxyl groups is 6. The van der Waals surface area contributed by atoms with E-state index in [4.69, 9.17) is 0 Å². The third-order valence-electron chi connectivity index (χ3n) is 10.3. The van der Waals surface area contributed by atoms with Gasteiger partial charge in [-0.1, -0.05) is 60.7 Å².